The van der Waals surface area contributed by atoms with Crippen LogP contribution in [0.2, 0.25) is 0 Å². The topological polar surface area (TPSA) is 60.2 Å². The van der Waals surface area contributed by atoms with Crippen LogP contribution in [0.3, 0.4) is 0 Å². The number of nitrogens with zero attached hydrogens (tertiary/aromatic N) is 1. The number of hydrogen-bond donors (Lipinski definition) is 0. The molecule has 0 heterocycles. The minimum atomic E-state index is -0.565. The summed E-state index contributed by atoms with van der Waals surface area (Å²) < 4.78 is 0. The molecule has 0 aromatic heterocycles. The Hall–Kier alpha value is -1.71. The first-order valence-electron chi connectivity index (χ1n) is 8.27. The van der Waals surface area contributed by atoms with E-state index in [0.29, 0.717) is 12.8 Å². The first-order valence-corrected chi connectivity index (χ1v) is 8.27. The van der Waals surface area contributed by atoms with Crippen LogP contribution >= 0.6 is 0 Å². The van der Waals surface area contributed by atoms with Gasteiger partial charge in [-0.2, -0.15) is 0 Å². The molecule has 0 saturated heterocycles. The lowest BCUT2D eigenvalue weighted by molar-refractivity contribution is -0.510. The van der Waals surface area contributed by atoms with E-state index in [1.54, 1.807) is 12.2 Å². The van der Waals surface area contributed by atoms with Crippen molar-refractivity contribution in [1.29, 1.82) is 0 Å². The number of hydrogen-bond acceptors (Lipinski definition) is 3. The Kier molecular flexibility index (Phi) is 14.5. The van der Waals surface area contributed by atoms with Gasteiger partial charge < -0.3 is 4.79 Å². The fourth-order valence-electron chi connectivity index (χ4n) is 2.01. The number of unbranched alkanes of at least 4 members (excludes halogenated alkanes) is 5. The molecule has 4 heteroatoms. The van der Waals surface area contributed by atoms with Gasteiger partial charge in [0.05, 0.1) is 0 Å². The Bertz CT molecular complexity index is 373. The van der Waals surface area contributed by atoms with Crippen LogP contribution in [0.1, 0.15) is 64.7 Å². The van der Waals surface area contributed by atoms with Crippen molar-refractivity contribution >= 4 is 6.29 Å². The third kappa shape index (κ3) is 13.3. The fourth-order valence-corrected chi connectivity index (χ4v) is 2.01. The lowest BCUT2D eigenvalue weighted by Crippen LogP contribution is -2.16. The summed E-state index contributed by atoms with van der Waals surface area (Å²) in [6.07, 6.45) is 20.6. The van der Waals surface area contributed by atoms with Gasteiger partial charge in [0.1, 0.15) is 6.29 Å². The van der Waals surface area contributed by atoms with E-state index < -0.39 is 6.04 Å². The molecule has 0 aromatic rings. The number of allylic oxidation sites excluding steroid dienone is 5. The van der Waals surface area contributed by atoms with Gasteiger partial charge in [-0.1, -0.05) is 50.1 Å². The van der Waals surface area contributed by atoms with Crippen molar-refractivity contribution in [3.8, 4) is 0 Å². The largest absolute Gasteiger partial charge is 0.303 e. The fraction of sp³-hybridized carbons (Fsp3) is 0.611. The monoisotopic (exact) mass is 307 g/mol. The Morgan fingerprint density at radius 2 is 1.77 bits per heavy atom. The first-order chi connectivity index (χ1) is 10.7. The molecule has 22 heavy (non-hydrogen) atoms. The van der Waals surface area contributed by atoms with Gasteiger partial charge in [0.25, 0.3) is 0 Å². The maximum Gasteiger partial charge on any atom is 0.231 e. The molecule has 4 nitrogen and oxygen atoms in total. The second-order valence-corrected chi connectivity index (χ2v) is 5.32. The summed E-state index contributed by atoms with van der Waals surface area (Å²) in [5.74, 6) is 0. The summed E-state index contributed by atoms with van der Waals surface area (Å²) in [5, 5.41) is 10.9. The molecule has 124 valence electrons. The van der Waals surface area contributed by atoms with Crippen LogP contribution in [0.5, 0.6) is 0 Å². The predicted octanol–water partition coefficient (Wildman–Crippen LogP) is 5.03. The van der Waals surface area contributed by atoms with E-state index in [0.717, 1.165) is 51.2 Å². The lowest BCUT2D eigenvalue weighted by atomic mass is 10.1. The summed E-state index contributed by atoms with van der Waals surface area (Å²) in [6, 6.07) is -0.565. The van der Waals surface area contributed by atoms with Crippen molar-refractivity contribution < 1.29 is 9.72 Å². The first kappa shape index (κ1) is 20.3. The van der Waals surface area contributed by atoms with Crippen LogP contribution in [-0.2, 0) is 4.79 Å². The molecule has 0 spiro atoms. The molecule has 1 unspecified atom stereocenters. The Labute approximate surface area is 134 Å². The average Bonchev–Trinajstić information content (AvgIpc) is 2.50. The summed E-state index contributed by atoms with van der Waals surface area (Å²) >= 11 is 0. The highest BCUT2D eigenvalue weighted by molar-refractivity contribution is 5.48. The molecule has 0 N–H and O–H groups in total. The molecular formula is C18H29NO3. The van der Waals surface area contributed by atoms with Crippen LogP contribution in [0.15, 0.2) is 36.5 Å². The minimum Gasteiger partial charge on any atom is -0.303 e. The molecule has 1 atom stereocenters. The van der Waals surface area contributed by atoms with Gasteiger partial charge >= 0.3 is 0 Å². The summed E-state index contributed by atoms with van der Waals surface area (Å²) in [6.45, 7) is 2.09. The number of carbonyl (C=O) groups is 1. The number of carbonyl (C=O) groups excluding carboxylic acids is 1. The minimum absolute atomic E-state index is 0.209. The predicted molar refractivity (Wildman–Crippen MR) is 91.5 cm³/mol. The van der Waals surface area contributed by atoms with E-state index in [2.05, 4.69) is 19.1 Å². The van der Waals surface area contributed by atoms with Crippen molar-refractivity contribution in [2.24, 2.45) is 0 Å². The standard InChI is InChI=1S/C18H29NO3/c1-2-3-12-15-18(19(21)22)16-13-10-8-6-4-5-7-9-11-14-17-20/h4-5,8,10,13,16-18H,2-3,6-7,9,11-12,14-15H2,1H3/b5-4+,10-8+,16-13+. The number of nitro groups is 1. The molecule has 0 aliphatic rings. The van der Waals surface area contributed by atoms with E-state index in [9.17, 15) is 14.9 Å². The highest BCUT2D eigenvalue weighted by Gasteiger charge is 2.14. The molecule has 0 aliphatic heterocycles. The SMILES string of the molecule is CCCCCC(/C=C/C=C/C/C=C/CCCCC=O)[N+](=O)[O-]. The maximum atomic E-state index is 10.9. The summed E-state index contributed by atoms with van der Waals surface area (Å²) in [4.78, 5) is 20.8. The summed E-state index contributed by atoms with van der Waals surface area (Å²) in [7, 11) is 0. The van der Waals surface area contributed by atoms with Crippen molar-refractivity contribution in [1.82, 2.24) is 0 Å². The third-order valence-electron chi connectivity index (χ3n) is 3.34. The highest BCUT2D eigenvalue weighted by Crippen LogP contribution is 2.07. The van der Waals surface area contributed by atoms with Crippen LogP contribution in [-0.4, -0.2) is 17.3 Å². The van der Waals surface area contributed by atoms with Crippen LogP contribution in [0.25, 0.3) is 0 Å². The second-order valence-electron chi connectivity index (χ2n) is 5.32. The maximum absolute atomic E-state index is 10.9. The molecule has 0 amide bonds. The van der Waals surface area contributed by atoms with Gasteiger partial charge in [0.2, 0.25) is 6.04 Å². The molecule has 0 radical (unpaired) electrons. The van der Waals surface area contributed by atoms with Crippen molar-refractivity contribution in [2.75, 3.05) is 0 Å². The van der Waals surface area contributed by atoms with Gasteiger partial charge in [-0.05, 0) is 38.2 Å². The molecule has 0 saturated carbocycles. The van der Waals surface area contributed by atoms with E-state index in [1.807, 2.05) is 12.2 Å². The van der Waals surface area contributed by atoms with Gasteiger partial charge in [-0.25, -0.2) is 0 Å². The number of rotatable bonds is 14. The van der Waals surface area contributed by atoms with E-state index in [1.165, 1.54) is 0 Å². The van der Waals surface area contributed by atoms with Crippen molar-refractivity contribution in [2.45, 2.75) is 70.8 Å². The van der Waals surface area contributed by atoms with E-state index in [4.69, 9.17) is 0 Å². The molecule has 0 fully saturated rings. The Morgan fingerprint density at radius 3 is 2.45 bits per heavy atom. The van der Waals surface area contributed by atoms with Gasteiger partial charge in [-0.3, -0.25) is 10.1 Å². The smallest absolute Gasteiger partial charge is 0.231 e. The molecule has 0 rings (SSSR count). The zero-order chi connectivity index (χ0) is 16.5. The Balaban J connectivity index is 3.84. The van der Waals surface area contributed by atoms with Crippen LogP contribution in [0, 0.1) is 10.1 Å². The van der Waals surface area contributed by atoms with Gasteiger partial charge in [-0.15, -0.1) is 0 Å². The normalized spacial score (nSPS) is 13.3. The van der Waals surface area contributed by atoms with Crippen molar-refractivity contribution in [3.05, 3.63) is 46.6 Å². The zero-order valence-corrected chi connectivity index (χ0v) is 13.7. The lowest BCUT2D eigenvalue weighted by Gasteiger charge is -2.03. The van der Waals surface area contributed by atoms with Gasteiger partial charge in [0, 0.05) is 17.8 Å². The third-order valence-corrected chi connectivity index (χ3v) is 3.34. The van der Waals surface area contributed by atoms with E-state index in [-0.39, 0.29) is 4.92 Å². The highest BCUT2D eigenvalue weighted by atomic mass is 16.6. The summed E-state index contributed by atoms with van der Waals surface area (Å²) in [5.41, 5.74) is 0. The van der Waals surface area contributed by atoms with E-state index >= 15 is 0 Å². The van der Waals surface area contributed by atoms with Crippen molar-refractivity contribution in [3.63, 3.8) is 0 Å². The molecular weight excluding hydrogens is 278 g/mol. The van der Waals surface area contributed by atoms with Crippen LogP contribution < -0.4 is 0 Å². The van der Waals surface area contributed by atoms with Gasteiger partial charge in [0.15, 0.2) is 0 Å². The number of aldehydes is 1. The molecule has 0 aliphatic carbocycles. The second kappa shape index (κ2) is 15.7. The average molecular weight is 307 g/mol. The molecule has 0 aromatic carbocycles. The molecule has 0 bridgehead atoms. The Morgan fingerprint density at radius 1 is 1.00 bits per heavy atom. The zero-order valence-electron chi connectivity index (χ0n) is 13.7. The quantitative estimate of drug-likeness (QED) is 0.113. The van der Waals surface area contributed by atoms with Crippen LogP contribution in [0.4, 0.5) is 0 Å².